The number of nitrogens with zero attached hydrogens (tertiary/aromatic N) is 4. The highest BCUT2D eigenvalue weighted by atomic mass is 16.5. The lowest BCUT2D eigenvalue weighted by Gasteiger charge is -2.15. The van der Waals surface area contributed by atoms with Gasteiger partial charge in [0.25, 0.3) is 5.89 Å². The summed E-state index contributed by atoms with van der Waals surface area (Å²) in [6, 6.07) is 13.1. The molecule has 0 saturated carbocycles. The van der Waals surface area contributed by atoms with E-state index in [1.165, 1.54) is 6.33 Å². The fourth-order valence-electron chi connectivity index (χ4n) is 2.91. The van der Waals surface area contributed by atoms with Gasteiger partial charge in [0, 0.05) is 29.6 Å². The van der Waals surface area contributed by atoms with Crippen LogP contribution in [0.4, 0.5) is 11.5 Å². The van der Waals surface area contributed by atoms with E-state index >= 15 is 0 Å². The van der Waals surface area contributed by atoms with Gasteiger partial charge in [-0.25, -0.2) is 9.97 Å². The van der Waals surface area contributed by atoms with Crippen LogP contribution in [0.5, 0.6) is 17.2 Å². The summed E-state index contributed by atoms with van der Waals surface area (Å²) < 4.78 is 21.6. The van der Waals surface area contributed by atoms with E-state index in [2.05, 4.69) is 25.4 Å². The molecule has 0 atom stereocenters. The molecular weight excluding hydrogens is 386 g/mol. The van der Waals surface area contributed by atoms with Crippen molar-refractivity contribution in [2.45, 2.75) is 0 Å². The summed E-state index contributed by atoms with van der Waals surface area (Å²) in [4.78, 5) is 12.9. The van der Waals surface area contributed by atoms with Crippen molar-refractivity contribution in [3.63, 3.8) is 0 Å². The van der Waals surface area contributed by atoms with Crippen LogP contribution in [-0.2, 0) is 0 Å². The maximum atomic E-state index is 5.46. The predicted molar refractivity (Wildman–Crippen MR) is 110 cm³/mol. The molecule has 4 aromatic rings. The second-order valence-corrected chi connectivity index (χ2v) is 6.11. The highest BCUT2D eigenvalue weighted by Crippen LogP contribution is 2.41. The molecule has 0 amide bonds. The zero-order valence-electron chi connectivity index (χ0n) is 16.6. The Bertz CT molecular complexity index is 1120. The molecule has 0 bridgehead atoms. The first-order chi connectivity index (χ1) is 14.7. The topological polar surface area (TPSA) is 104 Å². The molecular formula is C21H19N5O4. The summed E-state index contributed by atoms with van der Waals surface area (Å²) in [5.41, 5.74) is 2.08. The zero-order chi connectivity index (χ0) is 20.9. The lowest BCUT2D eigenvalue weighted by atomic mass is 10.2. The van der Waals surface area contributed by atoms with E-state index in [0.717, 1.165) is 5.56 Å². The highest BCUT2D eigenvalue weighted by Gasteiger charge is 2.18. The van der Waals surface area contributed by atoms with Gasteiger partial charge < -0.3 is 24.1 Å². The van der Waals surface area contributed by atoms with Crippen molar-refractivity contribution in [2.75, 3.05) is 26.6 Å². The molecule has 0 aliphatic rings. The average Bonchev–Trinajstić information content (AvgIpc) is 3.29. The van der Waals surface area contributed by atoms with Crippen molar-refractivity contribution in [2.24, 2.45) is 0 Å². The summed E-state index contributed by atoms with van der Waals surface area (Å²) in [6.45, 7) is 0. The third-order valence-corrected chi connectivity index (χ3v) is 4.33. The van der Waals surface area contributed by atoms with Gasteiger partial charge in [0.15, 0.2) is 11.5 Å². The SMILES string of the molecule is COc1cc(Nc2ncncc2-c2nc(-c3ccccc3)no2)cc(OC)c1OC. The first-order valence-electron chi connectivity index (χ1n) is 9.00. The van der Waals surface area contributed by atoms with Crippen LogP contribution >= 0.6 is 0 Å². The number of benzene rings is 2. The smallest absolute Gasteiger partial charge is 0.263 e. The van der Waals surface area contributed by atoms with Gasteiger partial charge in [-0.2, -0.15) is 4.98 Å². The zero-order valence-corrected chi connectivity index (χ0v) is 16.6. The number of nitrogens with one attached hydrogen (secondary N) is 1. The molecule has 152 valence electrons. The Balaban J connectivity index is 1.69. The van der Waals surface area contributed by atoms with Gasteiger partial charge in [-0.1, -0.05) is 35.5 Å². The Morgan fingerprint density at radius 2 is 1.67 bits per heavy atom. The Morgan fingerprint density at radius 1 is 0.933 bits per heavy atom. The minimum atomic E-state index is 0.296. The molecule has 0 fully saturated rings. The molecule has 0 aliphatic heterocycles. The van der Waals surface area contributed by atoms with Crippen molar-refractivity contribution < 1.29 is 18.7 Å². The van der Waals surface area contributed by atoms with E-state index < -0.39 is 0 Å². The number of methoxy groups -OCH3 is 3. The van der Waals surface area contributed by atoms with E-state index in [1.54, 1.807) is 39.7 Å². The normalized spacial score (nSPS) is 10.5. The molecule has 2 aromatic heterocycles. The van der Waals surface area contributed by atoms with Crippen molar-refractivity contribution >= 4 is 11.5 Å². The number of hydrogen-bond donors (Lipinski definition) is 1. The van der Waals surface area contributed by atoms with Crippen LogP contribution in [0, 0.1) is 0 Å². The maximum Gasteiger partial charge on any atom is 0.263 e. The number of hydrogen-bond acceptors (Lipinski definition) is 9. The number of anilines is 2. The van der Waals surface area contributed by atoms with Crippen molar-refractivity contribution in [3.8, 4) is 40.1 Å². The molecule has 4 rings (SSSR count). The lowest BCUT2D eigenvalue weighted by Crippen LogP contribution is -2.00. The standard InChI is InChI=1S/C21H19N5O4/c1-27-16-9-14(10-17(28-2)18(16)29-3)24-20-15(11-22-12-23-20)21-25-19(26-30-21)13-7-5-4-6-8-13/h4-12H,1-3H3,(H,22,23,24). The van der Waals surface area contributed by atoms with Gasteiger partial charge in [-0.3, -0.25) is 0 Å². The van der Waals surface area contributed by atoms with E-state index in [1.807, 2.05) is 30.3 Å². The van der Waals surface area contributed by atoms with Crippen LogP contribution in [0.1, 0.15) is 0 Å². The second-order valence-electron chi connectivity index (χ2n) is 6.11. The van der Waals surface area contributed by atoms with Crippen LogP contribution in [-0.4, -0.2) is 41.4 Å². The molecule has 30 heavy (non-hydrogen) atoms. The lowest BCUT2D eigenvalue weighted by molar-refractivity contribution is 0.324. The van der Waals surface area contributed by atoms with Crippen molar-refractivity contribution in [3.05, 3.63) is 55.0 Å². The third kappa shape index (κ3) is 3.72. The molecule has 0 spiro atoms. The molecule has 9 heteroatoms. The van der Waals surface area contributed by atoms with Crippen LogP contribution in [0.25, 0.3) is 22.8 Å². The van der Waals surface area contributed by atoms with Crippen molar-refractivity contribution in [1.29, 1.82) is 0 Å². The quantitative estimate of drug-likeness (QED) is 0.489. The van der Waals surface area contributed by atoms with Crippen LogP contribution in [0.3, 0.4) is 0 Å². The van der Waals surface area contributed by atoms with Gasteiger partial charge >= 0.3 is 0 Å². The van der Waals surface area contributed by atoms with Crippen LogP contribution in [0.15, 0.2) is 59.5 Å². The molecule has 0 aliphatic carbocycles. The maximum absolute atomic E-state index is 5.46. The Hall–Kier alpha value is -4.14. The Morgan fingerprint density at radius 3 is 2.33 bits per heavy atom. The predicted octanol–water partition coefficient (Wildman–Crippen LogP) is 3.96. The minimum Gasteiger partial charge on any atom is -0.493 e. The highest BCUT2D eigenvalue weighted by molar-refractivity contribution is 5.75. The fraction of sp³-hybridized carbons (Fsp3) is 0.143. The first kappa shape index (κ1) is 19.2. The van der Waals surface area contributed by atoms with E-state index in [9.17, 15) is 0 Å². The molecule has 0 saturated heterocycles. The molecule has 2 aromatic carbocycles. The van der Waals surface area contributed by atoms with Crippen molar-refractivity contribution in [1.82, 2.24) is 20.1 Å². The summed E-state index contributed by atoms with van der Waals surface area (Å²) in [5, 5.41) is 7.29. The van der Waals surface area contributed by atoms with Gasteiger partial charge in [-0.15, -0.1) is 0 Å². The van der Waals surface area contributed by atoms with E-state index in [0.29, 0.717) is 46.0 Å². The molecule has 0 radical (unpaired) electrons. The minimum absolute atomic E-state index is 0.296. The summed E-state index contributed by atoms with van der Waals surface area (Å²) in [6.07, 6.45) is 3.04. The van der Waals surface area contributed by atoms with Gasteiger partial charge in [0.05, 0.1) is 21.3 Å². The third-order valence-electron chi connectivity index (χ3n) is 4.33. The molecule has 2 heterocycles. The Labute approximate surface area is 172 Å². The number of rotatable bonds is 7. The average molecular weight is 405 g/mol. The second kappa shape index (κ2) is 8.48. The number of ether oxygens (including phenoxy) is 3. The first-order valence-corrected chi connectivity index (χ1v) is 9.00. The van der Waals surface area contributed by atoms with Crippen LogP contribution < -0.4 is 19.5 Å². The molecule has 1 N–H and O–H groups in total. The van der Waals surface area contributed by atoms with Gasteiger partial charge in [0.1, 0.15) is 17.7 Å². The molecule has 0 unspecified atom stereocenters. The summed E-state index contributed by atoms with van der Waals surface area (Å²) >= 11 is 0. The van der Waals surface area contributed by atoms with E-state index in [4.69, 9.17) is 18.7 Å². The molecule has 9 nitrogen and oxygen atoms in total. The summed E-state index contributed by atoms with van der Waals surface area (Å²) in [7, 11) is 4.66. The van der Waals surface area contributed by atoms with E-state index in [-0.39, 0.29) is 0 Å². The Kier molecular flexibility index (Phi) is 5.42. The van der Waals surface area contributed by atoms with Crippen LogP contribution in [0.2, 0.25) is 0 Å². The largest absolute Gasteiger partial charge is 0.493 e. The van der Waals surface area contributed by atoms with Gasteiger partial charge in [0.2, 0.25) is 11.6 Å². The van der Waals surface area contributed by atoms with Gasteiger partial charge in [-0.05, 0) is 0 Å². The monoisotopic (exact) mass is 405 g/mol. The summed E-state index contributed by atoms with van der Waals surface area (Å²) in [5.74, 6) is 2.79. The number of aromatic nitrogens is 4. The fourth-order valence-corrected chi connectivity index (χ4v) is 2.91.